The van der Waals surface area contributed by atoms with E-state index in [2.05, 4.69) is 0 Å². The predicted octanol–water partition coefficient (Wildman–Crippen LogP) is 7.44. The van der Waals surface area contributed by atoms with Crippen LogP contribution in [0.2, 0.25) is 0 Å². The van der Waals surface area contributed by atoms with Gasteiger partial charge < -0.3 is 39.4 Å². The molecular weight excluding hydrogens is 713 g/mol. The number of fused-ring (bicyclic) bond motifs is 10. The number of rotatable bonds is 0. The second kappa shape index (κ2) is 18.5. The van der Waals surface area contributed by atoms with E-state index in [-0.39, 0.29) is 73.6 Å². The zero-order chi connectivity index (χ0) is 38.7. The van der Waals surface area contributed by atoms with E-state index in [1.165, 1.54) is 0 Å². The van der Waals surface area contributed by atoms with Crippen molar-refractivity contribution in [2.24, 2.45) is 20.0 Å². The second-order valence-corrected chi connectivity index (χ2v) is 14.2. The van der Waals surface area contributed by atoms with Crippen molar-refractivity contribution in [2.45, 2.75) is 75.5 Å². The van der Waals surface area contributed by atoms with Crippen LogP contribution in [-0.4, -0.2) is 95.9 Å². The quantitative estimate of drug-likeness (QED) is 0.144. The maximum Gasteiger partial charge on any atom is 0.124 e. The minimum absolute atomic E-state index is 0.0926. The van der Waals surface area contributed by atoms with E-state index in [0.717, 1.165) is 51.4 Å². The summed E-state index contributed by atoms with van der Waals surface area (Å²) in [7, 11) is 0. The van der Waals surface area contributed by atoms with E-state index in [4.69, 9.17) is 38.9 Å². The Hall–Kier alpha value is -6.04. The lowest BCUT2D eigenvalue weighted by Gasteiger charge is -2.25. The van der Waals surface area contributed by atoms with Gasteiger partial charge >= 0.3 is 0 Å². The van der Waals surface area contributed by atoms with E-state index < -0.39 is 0 Å². The summed E-state index contributed by atoms with van der Waals surface area (Å²) in [6, 6.07) is 19.7. The van der Waals surface area contributed by atoms with Crippen LogP contribution in [0, 0.1) is 0 Å². The van der Waals surface area contributed by atoms with E-state index in [1.54, 1.807) is 97.7 Å². The van der Waals surface area contributed by atoms with Gasteiger partial charge in [0.2, 0.25) is 0 Å². The van der Waals surface area contributed by atoms with Crippen LogP contribution in [0.5, 0.6) is 46.0 Å². The largest absolute Gasteiger partial charge is 0.507 e. The first-order valence-electron chi connectivity index (χ1n) is 19.3. The highest BCUT2D eigenvalue weighted by Crippen LogP contribution is 2.30. The average molecular weight is 761 g/mol. The van der Waals surface area contributed by atoms with Gasteiger partial charge in [0.1, 0.15) is 72.4 Å². The Morgan fingerprint density at radius 3 is 0.821 bits per heavy atom. The Kier molecular flexibility index (Phi) is 12.7. The molecule has 2 aliphatic carbocycles. The molecule has 0 radical (unpaired) electrons. The first-order valence-corrected chi connectivity index (χ1v) is 19.3. The minimum atomic E-state index is -0.0962. The highest BCUT2D eigenvalue weighted by molar-refractivity contribution is 5.86. The summed E-state index contributed by atoms with van der Waals surface area (Å²) in [5.74, 6) is 2.62. The molecule has 292 valence electrons. The van der Waals surface area contributed by atoms with Crippen LogP contribution >= 0.6 is 0 Å². The smallest absolute Gasteiger partial charge is 0.124 e. The van der Waals surface area contributed by atoms with E-state index >= 15 is 0 Å². The molecule has 0 saturated heterocycles. The molecule has 2 fully saturated rings. The molecule has 0 aromatic heterocycles. The third-order valence-corrected chi connectivity index (χ3v) is 10.2. The predicted molar refractivity (Wildman–Crippen MR) is 217 cm³/mol. The molecule has 56 heavy (non-hydrogen) atoms. The van der Waals surface area contributed by atoms with Gasteiger partial charge in [0.05, 0.1) is 24.2 Å². The zero-order valence-electron chi connectivity index (χ0n) is 31.2. The summed E-state index contributed by atoms with van der Waals surface area (Å²) in [6.07, 6.45) is 14.2. The normalized spacial score (nSPS) is 22.0. The summed E-state index contributed by atoms with van der Waals surface area (Å²) in [5, 5.41) is 42.5. The van der Waals surface area contributed by atoms with E-state index in [9.17, 15) is 20.4 Å². The monoisotopic (exact) mass is 760 g/mol. The molecule has 4 aromatic rings. The van der Waals surface area contributed by atoms with Crippen LogP contribution in [0.15, 0.2) is 92.8 Å². The Bertz CT molecular complexity index is 1790. The minimum Gasteiger partial charge on any atom is -0.507 e. The van der Waals surface area contributed by atoms with Crippen molar-refractivity contribution in [1.29, 1.82) is 0 Å². The molecule has 3 aliphatic rings. The van der Waals surface area contributed by atoms with Crippen molar-refractivity contribution in [3.05, 3.63) is 95.1 Å². The Morgan fingerprint density at radius 1 is 0.357 bits per heavy atom. The average Bonchev–Trinajstić information content (AvgIpc) is 3.21. The fraction of sp³-hybridized carbons (Fsp3) is 0.364. The Balaban J connectivity index is 1.12. The third-order valence-electron chi connectivity index (χ3n) is 10.2. The number of aromatic hydroxyl groups is 4. The number of ether oxygens (including phenoxy) is 4. The van der Waals surface area contributed by atoms with E-state index in [0.29, 0.717) is 45.3 Å². The Labute approximate surface area is 326 Å². The molecule has 8 bridgehead atoms. The number of phenolic OH excluding ortho intramolecular Hbond substituents is 4. The number of hydrogen-bond donors (Lipinski definition) is 4. The number of aliphatic imine (C=N–C) groups is 4. The van der Waals surface area contributed by atoms with Crippen molar-refractivity contribution in [2.75, 3.05) is 26.4 Å². The van der Waals surface area contributed by atoms with Gasteiger partial charge in [0.15, 0.2) is 0 Å². The second-order valence-electron chi connectivity index (χ2n) is 14.2. The molecule has 0 unspecified atom stereocenters. The lowest BCUT2D eigenvalue weighted by atomic mass is 9.91. The van der Waals surface area contributed by atoms with Crippen LogP contribution in [0.3, 0.4) is 0 Å². The first kappa shape index (κ1) is 38.2. The molecule has 1 aliphatic heterocycles. The van der Waals surface area contributed by atoms with Crippen LogP contribution in [0.25, 0.3) is 0 Å². The number of benzene rings is 4. The maximum absolute atomic E-state index is 10.6. The molecule has 0 spiro atoms. The van der Waals surface area contributed by atoms with Gasteiger partial charge in [-0.05, 0) is 98.5 Å². The standard InChI is InChI=1S/C44H48N4O8/c49-41-13-9-33-21-29(41)25-45-37-5-1-2-6-38(37)46-26-30-22-34(10-14-42(30)50)54-19-20-56-36-12-16-44(52)32(24-36)28-48-40-8-4-3-7-39(40)47-27-31-23-35(11-15-43(31)51)55-18-17-53-33/h9-16,21-28,37-40,49-52H,1-8,17-20H2/t37-,38-,39-,40-/m1/s1. The summed E-state index contributed by atoms with van der Waals surface area (Å²) in [6.45, 7) is 0.986. The number of phenols is 4. The fourth-order valence-electron chi connectivity index (χ4n) is 7.12. The van der Waals surface area contributed by atoms with Gasteiger partial charge in [-0.2, -0.15) is 0 Å². The fourth-order valence-corrected chi connectivity index (χ4v) is 7.12. The number of nitrogens with zero attached hydrogens (tertiary/aromatic N) is 4. The van der Waals surface area contributed by atoms with Crippen molar-refractivity contribution < 1.29 is 39.4 Å². The summed E-state index contributed by atoms with van der Waals surface area (Å²) in [4.78, 5) is 19.4. The van der Waals surface area contributed by atoms with Crippen molar-refractivity contribution >= 4 is 24.9 Å². The lowest BCUT2D eigenvalue weighted by Crippen LogP contribution is -2.27. The molecule has 12 heteroatoms. The van der Waals surface area contributed by atoms with Crippen LogP contribution in [0.1, 0.15) is 73.6 Å². The maximum atomic E-state index is 10.6. The summed E-state index contributed by atoms with van der Waals surface area (Å²) < 4.78 is 23.8. The molecule has 4 atom stereocenters. The van der Waals surface area contributed by atoms with Gasteiger partial charge in [0.25, 0.3) is 0 Å². The van der Waals surface area contributed by atoms with Crippen molar-refractivity contribution in [1.82, 2.24) is 0 Å². The first-order chi connectivity index (χ1) is 27.4. The summed E-state index contributed by atoms with van der Waals surface area (Å²) in [5.41, 5.74) is 2.14. The van der Waals surface area contributed by atoms with Crippen LogP contribution < -0.4 is 18.9 Å². The Morgan fingerprint density at radius 2 is 0.589 bits per heavy atom. The molecule has 1 heterocycles. The van der Waals surface area contributed by atoms with Crippen molar-refractivity contribution in [3.8, 4) is 46.0 Å². The molecule has 7 rings (SSSR count). The van der Waals surface area contributed by atoms with Gasteiger partial charge in [0, 0.05) is 47.1 Å². The molecule has 4 N–H and O–H groups in total. The van der Waals surface area contributed by atoms with Crippen LogP contribution in [0.4, 0.5) is 0 Å². The van der Waals surface area contributed by atoms with E-state index in [1.807, 2.05) is 0 Å². The molecule has 4 aromatic carbocycles. The van der Waals surface area contributed by atoms with Gasteiger partial charge in [-0.3, -0.25) is 20.0 Å². The molecule has 2 saturated carbocycles. The highest BCUT2D eigenvalue weighted by atomic mass is 16.5. The zero-order valence-corrected chi connectivity index (χ0v) is 31.2. The SMILES string of the molecule is Oc1ccc2cc1C=N[C@@H]1CCCC[C@H]1N=Cc1cc(ccc1O)OCCOc1ccc(O)c(c1)C=N[C@@H]1CCCC[C@H]1N=Cc1cc(ccc1O)OCCO2. The third kappa shape index (κ3) is 10.2. The number of hydrogen-bond acceptors (Lipinski definition) is 12. The molecule has 0 amide bonds. The molecular formula is C44H48N4O8. The topological polar surface area (TPSA) is 167 Å². The van der Waals surface area contributed by atoms with Gasteiger partial charge in [-0.15, -0.1) is 0 Å². The van der Waals surface area contributed by atoms with Crippen molar-refractivity contribution in [3.63, 3.8) is 0 Å². The van der Waals surface area contributed by atoms with Gasteiger partial charge in [-0.1, -0.05) is 25.7 Å². The van der Waals surface area contributed by atoms with Crippen LogP contribution in [-0.2, 0) is 0 Å². The lowest BCUT2D eigenvalue weighted by molar-refractivity contribution is 0.217. The molecule has 12 nitrogen and oxygen atoms in total. The highest BCUT2D eigenvalue weighted by Gasteiger charge is 2.25. The summed E-state index contributed by atoms with van der Waals surface area (Å²) >= 11 is 0. The van der Waals surface area contributed by atoms with Gasteiger partial charge in [-0.25, -0.2) is 0 Å².